The van der Waals surface area contributed by atoms with Crippen LogP contribution in [0.1, 0.15) is 149 Å². The highest BCUT2D eigenvalue weighted by Gasteiger charge is 2.17. The van der Waals surface area contributed by atoms with Crippen LogP contribution in [0.3, 0.4) is 0 Å². The van der Waals surface area contributed by atoms with Gasteiger partial charge in [-0.2, -0.15) is 0 Å². The molecule has 0 saturated heterocycles. The zero-order valence-electron chi connectivity index (χ0n) is 21.1. The van der Waals surface area contributed by atoms with Gasteiger partial charge < -0.3 is 15.2 Å². The molecule has 0 aliphatic rings. The molecule has 0 aromatic carbocycles. The maximum atomic E-state index is 12.3. The molecular weight excluding hydrogens is 386 g/mol. The molecule has 4 nitrogen and oxygen atoms in total. The van der Waals surface area contributed by atoms with Gasteiger partial charge in [-0.3, -0.25) is 4.79 Å². The molecule has 1 atom stereocenters. The van der Waals surface area contributed by atoms with Gasteiger partial charge in [0.05, 0.1) is 0 Å². The Morgan fingerprint density at radius 1 is 0.645 bits per heavy atom. The standard InChI is InChI=1S/C27H55NO3/c1-3-5-7-9-11-12-13-14-15-16-17-18-19-21-23-26(31-25-29)27(30)28-24-22-20-10-8-6-4-2/h26,29H,3-25H2,1-2H3,(H,28,30). The van der Waals surface area contributed by atoms with Gasteiger partial charge in [0.25, 0.3) is 0 Å². The van der Waals surface area contributed by atoms with Gasteiger partial charge in [-0.1, -0.05) is 136 Å². The van der Waals surface area contributed by atoms with Gasteiger partial charge in [0, 0.05) is 6.54 Å². The molecule has 0 saturated carbocycles. The molecule has 0 bridgehead atoms. The van der Waals surface area contributed by atoms with E-state index in [1.54, 1.807) is 0 Å². The summed E-state index contributed by atoms with van der Waals surface area (Å²) in [5, 5.41) is 12.1. The summed E-state index contributed by atoms with van der Waals surface area (Å²) in [6.07, 6.45) is 26.1. The summed E-state index contributed by atoms with van der Waals surface area (Å²) in [7, 11) is 0. The Balaban J connectivity index is 3.54. The zero-order valence-corrected chi connectivity index (χ0v) is 21.1. The molecule has 0 fully saturated rings. The Labute approximate surface area is 194 Å². The maximum Gasteiger partial charge on any atom is 0.249 e. The van der Waals surface area contributed by atoms with Crippen molar-refractivity contribution in [3.05, 3.63) is 0 Å². The average molecular weight is 442 g/mol. The van der Waals surface area contributed by atoms with Crippen molar-refractivity contribution in [1.82, 2.24) is 5.32 Å². The normalized spacial score (nSPS) is 12.2. The lowest BCUT2D eigenvalue weighted by Crippen LogP contribution is -2.37. The average Bonchev–Trinajstić information content (AvgIpc) is 2.77. The Morgan fingerprint density at radius 2 is 1.03 bits per heavy atom. The summed E-state index contributed by atoms with van der Waals surface area (Å²) >= 11 is 0. The molecule has 0 rings (SSSR count). The van der Waals surface area contributed by atoms with Gasteiger partial charge >= 0.3 is 0 Å². The van der Waals surface area contributed by atoms with Crippen LogP contribution in [0.2, 0.25) is 0 Å². The van der Waals surface area contributed by atoms with E-state index in [1.165, 1.54) is 109 Å². The predicted molar refractivity (Wildman–Crippen MR) is 133 cm³/mol. The summed E-state index contributed by atoms with van der Waals surface area (Å²) in [5.74, 6) is -0.0581. The number of carbonyl (C=O) groups is 1. The van der Waals surface area contributed by atoms with Crippen LogP contribution in [0.4, 0.5) is 0 Å². The molecule has 4 heteroatoms. The third-order valence-corrected chi connectivity index (χ3v) is 6.22. The summed E-state index contributed by atoms with van der Waals surface area (Å²) in [4.78, 5) is 12.3. The quantitative estimate of drug-likeness (QED) is 0.113. The van der Waals surface area contributed by atoms with E-state index >= 15 is 0 Å². The fraction of sp³-hybridized carbons (Fsp3) is 0.963. The summed E-state index contributed by atoms with van der Waals surface area (Å²) in [6.45, 7) is 4.83. The van der Waals surface area contributed by atoms with E-state index in [0.717, 1.165) is 25.8 Å². The first-order valence-electron chi connectivity index (χ1n) is 13.8. The van der Waals surface area contributed by atoms with Crippen molar-refractivity contribution in [1.29, 1.82) is 0 Å². The van der Waals surface area contributed by atoms with Gasteiger partial charge in [0.2, 0.25) is 5.91 Å². The first-order chi connectivity index (χ1) is 15.3. The number of ether oxygens (including phenoxy) is 1. The number of aliphatic hydroxyl groups excluding tert-OH is 1. The number of nitrogens with one attached hydrogen (secondary N) is 1. The van der Waals surface area contributed by atoms with E-state index in [2.05, 4.69) is 19.2 Å². The smallest absolute Gasteiger partial charge is 0.249 e. The number of carbonyl (C=O) groups excluding carboxylic acids is 1. The lowest BCUT2D eigenvalue weighted by atomic mass is 10.0. The van der Waals surface area contributed by atoms with Crippen molar-refractivity contribution >= 4 is 5.91 Å². The predicted octanol–water partition coefficient (Wildman–Crippen LogP) is 7.67. The van der Waals surface area contributed by atoms with Crippen LogP contribution < -0.4 is 5.32 Å². The Kier molecular flexibility index (Phi) is 25.1. The number of rotatable bonds is 25. The molecule has 0 aromatic rings. The minimum absolute atomic E-state index is 0.0581. The maximum absolute atomic E-state index is 12.3. The molecular formula is C27H55NO3. The van der Waals surface area contributed by atoms with Gasteiger partial charge in [0.1, 0.15) is 12.9 Å². The van der Waals surface area contributed by atoms with Gasteiger partial charge in [0.15, 0.2) is 0 Å². The highest BCUT2D eigenvalue weighted by atomic mass is 16.6. The van der Waals surface area contributed by atoms with Gasteiger partial charge in [-0.25, -0.2) is 0 Å². The van der Waals surface area contributed by atoms with Crippen molar-refractivity contribution in [2.75, 3.05) is 13.3 Å². The molecule has 1 amide bonds. The Hall–Kier alpha value is -0.610. The highest BCUT2D eigenvalue weighted by Crippen LogP contribution is 2.14. The summed E-state index contributed by atoms with van der Waals surface area (Å²) in [6, 6.07) is 0. The van der Waals surface area contributed by atoms with Crippen LogP contribution in [0, 0.1) is 0 Å². The van der Waals surface area contributed by atoms with E-state index in [4.69, 9.17) is 9.84 Å². The molecule has 0 aromatic heterocycles. The Morgan fingerprint density at radius 3 is 1.45 bits per heavy atom. The number of aliphatic hydroxyl groups is 1. The van der Waals surface area contributed by atoms with Crippen LogP contribution >= 0.6 is 0 Å². The van der Waals surface area contributed by atoms with E-state index in [0.29, 0.717) is 6.42 Å². The van der Waals surface area contributed by atoms with Crippen molar-refractivity contribution in [2.45, 2.75) is 155 Å². The van der Waals surface area contributed by atoms with Crippen molar-refractivity contribution in [2.24, 2.45) is 0 Å². The van der Waals surface area contributed by atoms with Crippen LogP contribution in [0.5, 0.6) is 0 Å². The first-order valence-corrected chi connectivity index (χ1v) is 13.8. The molecule has 186 valence electrons. The van der Waals surface area contributed by atoms with Crippen molar-refractivity contribution in [3.8, 4) is 0 Å². The third kappa shape index (κ3) is 22.4. The monoisotopic (exact) mass is 441 g/mol. The lowest BCUT2D eigenvalue weighted by Gasteiger charge is -2.16. The molecule has 1 unspecified atom stereocenters. The summed E-state index contributed by atoms with van der Waals surface area (Å²) < 4.78 is 5.27. The van der Waals surface area contributed by atoms with Crippen molar-refractivity contribution < 1.29 is 14.6 Å². The third-order valence-electron chi connectivity index (χ3n) is 6.22. The van der Waals surface area contributed by atoms with Crippen LogP contribution in [-0.2, 0) is 9.53 Å². The first kappa shape index (κ1) is 30.4. The molecule has 0 heterocycles. The topological polar surface area (TPSA) is 58.6 Å². The van der Waals surface area contributed by atoms with Gasteiger partial charge in [-0.05, 0) is 12.8 Å². The molecule has 0 aliphatic heterocycles. The minimum atomic E-state index is -0.498. The van der Waals surface area contributed by atoms with E-state index < -0.39 is 6.10 Å². The fourth-order valence-corrected chi connectivity index (χ4v) is 4.14. The van der Waals surface area contributed by atoms with E-state index in [-0.39, 0.29) is 12.7 Å². The van der Waals surface area contributed by atoms with Crippen LogP contribution in [0.15, 0.2) is 0 Å². The van der Waals surface area contributed by atoms with E-state index in [1.807, 2.05) is 0 Å². The highest BCUT2D eigenvalue weighted by molar-refractivity contribution is 5.80. The number of hydrogen-bond donors (Lipinski definition) is 2. The number of amides is 1. The Bertz CT molecular complexity index is 362. The van der Waals surface area contributed by atoms with E-state index in [9.17, 15) is 4.79 Å². The van der Waals surface area contributed by atoms with Crippen LogP contribution in [0.25, 0.3) is 0 Å². The second kappa shape index (κ2) is 25.6. The second-order valence-electron chi connectivity index (χ2n) is 9.23. The minimum Gasteiger partial charge on any atom is -0.371 e. The molecule has 0 radical (unpaired) electrons. The largest absolute Gasteiger partial charge is 0.371 e. The van der Waals surface area contributed by atoms with Gasteiger partial charge in [-0.15, -0.1) is 0 Å². The molecule has 0 aliphatic carbocycles. The molecule has 0 spiro atoms. The van der Waals surface area contributed by atoms with Crippen molar-refractivity contribution in [3.63, 3.8) is 0 Å². The lowest BCUT2D eigenvalue weighted by molar-refractivity contribution is -0.140. The zero-order chi connectivity index (χ0) is 22.8. The second-order valence-corrected chi connectivity index (χ2v) is 9.23. The number of unbranched alkanes of at least 4 members (excludes halogenated alkanes) is 18. The molecule has 31 heavy (non-hydrogen) atoms. The SMILES string of the molecule is CCCCCCCCCCCCCCCCC(OCO)C(=O)NCCCCCCCC. The van der Waals surface area contributed by atoms with Crippen LogP contribution in [-0.4, -0.2) is 30.5 Å². The fourth-order valence-electron chi connectivity index (χ4n) is 4.14. The summed E-state index contributed by atoms with van der Waals surface area (Å²) in [5.41, 5.74) is 0. The molecule has 2 N–H and O–H groups in total. The number of hydrogen-bond acceptors (Lipinski definition) is 3.